The van der Waals surface area contributed by atoms with Crippen molar-refractivity contribution in [2.75, 3.05) is 10.8 Å². The van der Waals surface area contributed by atoms with Gasteiger partial charge in [0, 0.05) is 12.7 Å². The summed E-state index contributed by atoms with van der Waals surface area (Å²) < 4.78 is 28.2. The largest absolute Gasteiger partial charge is 0.346 e. The number of nitrogens with zero attached hydrogens (tertiary/aromatic N) is 2. The monoisotopic (exact) mass is 455 g/mol. The van der Waals surface area contributed by atoms with Gasteiger partial charge in [-0.05, 0) is 61.2 Å². The molecule has 1 aromatic heterocycles. The van der Waals surface area contributed by atoms with Crippen LogP contribution in [0, 0.1) is 6.92 Å². The van der Waals surface area contributed by atoms with E-state index in [0.717, 1.165) is 29.7 Å². The third kappa shape index (κ3) is 4.29. The average molecular weight is 456 g/mol. The predicted molar refractivity (Wildman–Crippen MR) is 121 cm³/mol. The van der Waals surface area contributed by atoms with Gasteiger partial charge in [0.1, 0.15) is 0 Å². The van der Waals surface area contributed by atoms with Crippen molar-refractivity contribution < 1.29 is 13.2 Å². The fourth-order valence-corrected chi connectivity index (χ4v) is 5.45. The van der Waals surface area contributed by atoms with Crippen LogP contribution in [0.1, 0.15) is 33.6 Å². The first kappa shape index (κ1) is 21.3. The number of para-hydroxylation sites is 1. The van der Waals surface area contributed by atoms with Crippen LogP contribution < -0.4 is 9.62 Å². The fourth-order valence-electron chi connectivity index (χ4n) is 3.68. The van der Waals surface area contributed by atoms with Crippen LogP contribution in [0.3, 0.4) is 0 Å². The van der Waals surface area contributed by atoms with E-state index < -0.39 is 15.9 Å². The number of carbonyl (C=O) groups excluding carboxylic acids is 1. The molecule has 3 aromatic rings. The highest BCUT2D eigenvalue weighted by Gasteiger charge is 2.30. The first-order chi connectivity index (χ1) is 14.9. The maximum atomic E-state index is 13.4. The molecule has 2 heterocycles. The Hall–Kier alpha value is -2.90. The molecule has 1 amide bonds. The van der Waals surface area contributed by atoms with E-state index in [-0.39, 0.29) is 22.0 Å². The molecule has 1 aliphatic heterocycles. The van der Waals surface area contributed by atoms with Crippen molar-refractivity contribution in [2.45, 2.75) is 31.2 Å². The van der Waals surface area contributed by atoms with Gasteiger partial charge in [0.15, 0.2) is 0 Å². The third-order valence-electron chi connectivity index (χ3n) is 5.37. The van der Waals surface area contributed by atoms with Gasteiger partial charge in [0.25, 0.3) is 15.9 Å². The number of hydrogen-bond acceptors (Lipinski definition) is 4. The summed E-state index contributed by atoms with van der Waals surface area (Å²) in [4.78, 5) is 17.1. The number of halogens is 1. The molecular formula is C23H22ClN3O3S. The van der Waals surface area contributed by atoms with Crippen molar-refractivity contribution >= 4 is 33.2 Å². The number of benzene rings is 2. The van der Waals surface area contributed by atoms with Gasteiger partial charge in [0.05, 0.1) is 33.4 Å². The second-order valence-electron chi connectivity index (χ2n) is 7.40. The van der Waals surface area contributed by atoms with Crippen LogP contribution in [0.4, 0.5) is 5.69 Å². The molecule has 0 atom stereocenters. The van der Waals surface area contributed by atoms with Crippen molar-refractivity contribution in [3.8, 4) is 0 Å². The van der Waals surface area contributed by atoms with E-state index in [1.807, 2.05) is 43.3 Å². The summed E-state index contributed by atoms with van der Waals surface area (Å²) in [5, 5.41) is 2.96. The summed E-state index contributed by atoms with van der Waals surface area (Å²) in [5.41, 5.74) is 3.48. The van der Waals surface area contributed by atoms with E-state index in [9.17, 15) is 13.2 Å². The van der Waals surface area contributed by atoms with Gasteiger partial charge >= 0.3 is 0 Å². The molecule has 0 fully saturated rings. The smallest absolute Gasteiger partial charge is 0.264 e. The van der Waals surface area contributed by atoms with Crippen molar-refractivity contribution in [1.29, 1.82) is 0 Å². The van der Waals surface area contributed by atoms with Crippen LogP contribution in [-0.4, -0.2) is 25.9 Å². The molecule has 0 bridgehead atoms. The van der Waals surface area contributed by atoms with Crippen LogP contribution in [-0.2, 0) is 23.0 Å². The lowest BCUT2D eigenvalue weighted by atomic mass is 10.0. The molecule has 2 aromatic carbocycles. The Morgan fingerprint density at radius 2 is 1.97 bits per heavy atom. The van der Waals surface area contributed by atoms with E-state index in [1.165, 1.54) is 22.5 Å². The van der Waals surface area contributed by atoms with E-state index in [1.54, 1.807) is 6.20 Å². The van der Waals surface area contributed by atoms with Gasteiger partial charge < -0.3 is 5.32 Å². The SMILES string of the molecule is Cc1cccnc1CNC(=O)c1cc(S(=O)(=O)N2CCCc3ccccc32)ccc1Cl. The summed E-state index contributed by atoms with van der Waals surface area (Å²) in [5.74, 6) is -0.453. The van der Waals surface area contributed by atoms with Crippen molar-refractivity contribution in [1.82, 2.24) is 10.3 Å². The van der Waals surface area contributed by atoms with E-state index in [2.05, 4.69) is 10.3 Å². The van der Waals surface area contributed by atoms with Crippen molar-refractivity contribution in [3.63, 3.8) is 0 Å². The maximum Gasteiger partial charge on any atom is 0.264 e. The van der Waals surface area contributed by atoms with Gasteiger partial charge in [-0.3, -0.25) is 14.1 Å². The number of carbonyl (C=O) groups is 1. The van der Waals surface area contributed by atoms with Crippen molar-refractivity contribution in [3.05, 3.63) is 88.2 Å². The van der Waals surface area contributed by atoms with Crippen LogP contribution >= 0.6 is 11.6 Å². The second kappa shape index (κ2) is 8.69. The predicted octanol–water partition coefficient (Wildman–Crippen LogP) is 4.11. The number of pyridine rings is 1. The zero-order valence-electron chi connectivity index (χ0n) is 17.0. The van der Waals surface area contributed by atoms with E-state index in [0.29, 0.717) is 12.2 Å². The van der Waals surface area contributed by atoms with Gasteiger partial charge in [-0.15, -0.1) is 0 Å². The van der Waals surface area contributed by atoms with Gasteiger partial charge in [-0.1, -0.05) is 35.9 Å². The molecule has 8 heteroatoms. The van der Waals surface area contributed by atoms with E-state index >= 15 is 0 Å². The Labute approximate surface area is 186 Å². The maximum absolute atomic E-state index is 13.4. The summed E-state index contributed by atoms with van der Waals surface area (Å²) in [6.07, 6.45) is 3.23. The fraction of sp³-hybridized carbons (Fsp3) is 0.217. The number of nitrogens with one attached hydrogen (secondary N) is 1. The van der Waals surface area contributed by atoms with Gasteiger partial charge in [-0.2, -0.15) is 0 Å². The summed E-state index contributed by atoms with van der Waals surface area (Å²) in [6.45, 7) is 2.52. The number of rotatable bonds is 5. The first-order valence-electron chi connectivity index (χ1n) is 9.97. The van der Waals surface area contributed by atoms with Gasteiger partial charge in [0.2, 0.25) is 0 Å². The molecule has 31 heavy (non-hydrogen) atoms. The summed E-state index contributed by atoms with van der Waals surface area (Å²) in [7, 11) is -3.84. The van der Waals surface area contributed by atoms with Crippen LogP contribution in [0.25, 0.3) is 0 Å². The number of hydrogen-bond donors (Lipinski definition) is 1. The number of fused-ring (bicyclic) bond motifs is 1. The molecular weight excluding hydrogens is 434 g/mol. The Morgan fingerprint density at radius 1 is 1.16 bits per heavy atom. The lowest BCUT2D eigenvalue weighted by Gasteiger charge is -2.30. The van der Waals surface area contributed by atoms with Crippen LogP contribution in [0.2, 0.25) is 5.02 Å². The highest BCUT2D eigenvalue weighted by atomic mass is 35.5. The van der Waals surface area contributed by atoms with Gasteiger partial charge in [-0.25, -0.2) is 8.42 Å². The summed E-state index contributed by atoms with van der Waals surface area (Å²) in [6, 6.07) is 15.4. The normalized spacial score (nSPS) is 13.5. The zero-order valence-corrected chi connectivity index (χ0v) is 18.6. The molecule has 0 saturated carbocycles. The molecule has 1 N–H and O–H groups in total. The molecule has 4 rings (SSSR count). The lowest BCUT2D eigenvalue weighted by molar-refractivity contribution is 0.0950. The Balaban J connectivity index is 1.62. The number of amides is 1. The average Bonchev–Trinajstić information content (AvgIpc) is 2.78. The first-order valence-corrected chi connectivity index (χ1v) is 11.8. The zero-order chi connectivity index (χ0) is 22.0. The molecule has 0 saturated heterocycles. The highest BCUT2D eigenvalue weighted by Crippen LogP contribution is 2.32. The molecule has 160 valence electrons. The number of aryl methyl sites for hydroxylation is 2. The number of aromatic nitrogens is 1. The quantitative estimate of drug-likeness (QED) is 0.627. The molecule has 0 spiro atoms. The number of sulfonamides is 1. The molecule has 0 radical (unpaired) electrons. The molecule has 1 aliphatic rings. The summed E-state index contributed by atoms with van der Waals surface area (Å²) >= 11 is 6.24. The minimum absolute atomic E-state index is 0.0350. The van der Waals surface area contributed by atoms with Crippen LogP contribution in [0.15, 0.2) is 65.7 Å². The Kier molecular flexibility index (Phi) is 5.98. The van der Waals surface area contributed by atoms with Crippen LogP contribution in [0.5, 0.6) is 0 Å². The minimum atomic E-state index is -3.84. The second-order valence-corrected chi connectivity index (χ2v) is 9.67. The lowest BCUT2D eigenvalue weighted by Crippen LogP contribution is -2.35. The van der Waals surface area contributed by atoms with E-state index in [4.69, 9.17) is 11.6 Å². The Morgan fingerprint density at radius 3 is 2.77 bits per heavy atom. The standard InChI is InChI=1S/C23H22ClN3O3S/c1-16-6-4-12-25-21(16)15-26-23(28)19-14-18(10-11-20(19)24)31(29,30)27-13-5-8-17-7-2-3-9-22(17)27/h2-4,6-7,9-12,14H,5,8,13,15H2,1H3,(H,26,28). The molecule has 0 aliphatic carbocycles. The minimum Gasteiger partial charge on any atom is -0.346 e. The number of anilines is 1. The topological polar surface area (TPSA) is 79.4 Å². The Bertz CT molecular complexity index is 1240. The third-order valence-corrected chi connectivity index (χ3v) is 7.51. The highest BCUT2D eigenvalue weighted by molar-refractivity contribution is 7.92. The molecule has 6 nitrogen and oxygen atoms in total. The molecule has 0 unspecified atom stereocenters. The van der Waals surface area contributed by atoms with Crippen molar-refractivity contribution in [2.24, 2.45) is 0 Å².